The van der Waals surface area contributed by atoms with E-state index in [2.05, 4.69) is 215 Å². The van der Waals surface area contributed by atoms with Crippen LogP contribution in [0.3, 0.4) is 0 Å². The summed E-state index contributed by atoms with van der Waals surface area (Å²) in [5, 5.41) is 13.3. The summed E-state index contributed by atoms with van der Waals surface area (Å²) >= 11 is 0. The van der Waals surface area contributed by atoms with Crippen LogP contribution in [-0.2, 0) is 0 Å². The highest BCUT2D eigenvalue weighted by Gasteiger charge is 2.23. The third-order valence-electron chi connectivity index (χ3n) is 12.4. The summed E-state index contributed by atoms with van der Waals surface area (Å²) in [5.41, 5.74) is 10.8. The van der Waals surface area contributed by atoms with Crippen molar-refractivity contribution in [3.05, 3.63) is 206 Å². The largest absolute Gasteiger partial charge is 0.309 e. The Hall–Kier alpha value is -8.08. The second-order valence-electron chi connectivity index (χ2n) is 15.7. The number of hydrogen-bond donors (Lipinski definition) is 0. The van der Waals surface area contributed by atoms with Gasteiger partial charge in [-0.1, -0.05) is 158 Å². The van der Waals surface area contributed by atoms with Crippen LogP contribution in [-0.4, -0.2) is 19.1 Å². The highest BCUT2D eigenvalue weighted by molar-refractivity contribution is 6.22. The van der Waals surface area contributed by atoms with Gasteiger partial charge in [-0.05, 0) is 75.5 Å². The van der Waals surface area contributed by atoms with Crippen LogP contribution in [0, 0.1) is 0 Å². The van der Waals surface area contributed by atoms with Crippen molar-refractivity contribution in [1.82, 2.24) is 19.1 Å². The van der Waals surface area contributed by atoms with E-state index in [-0.39, 0.29) is 0 Å². The molecule has 0 aliphatic heterocycles. The quantitative estimate of drug-likeness (QED) is 0.167. The van der Waals surface area contributed by atoms with Crippen molar-refractivity contribution in [1.29, 1.82) is 0 Å². The second kappa shape index (κ2) is 12.7. The zero-order chi connectivity index (χ0) is 39.3. The molecule has 0 aliphatic rings. The summed E-state index contributed by atoms with van der Waals surface area (Å²) in [4.78, 5) is 10.6. The highest BCUT2D eigenvalue weighted by atomic mass is 15.0. The molecule has 0 aliphatic carbocycles. The smallest absolute Gasteiger partial charge is 0.160 e. The van der Waals surface area contributed by atoms with E-state index < -0.39 is 0 Å². The van der Waals surface area contributed by atoms with Crippen LogP contribution < -0.4 is 0 Å². The second-order valence-corrected chi connectivity index (χ2v) is 15.7. The first-order valence-electron chi connectivity index (χ1n) is 20.5. The molecule has 0 unspecified atom stereocenters. The molecule has 13 rings (SSSR count). The number of nitrogens with zero attached hydrogens (tertiary/aromatic N) is 4. The standard InChI is InChI=1S/C56H34N4/c1-3-18-41-35(14-1)28-29-37-32-38(30-31-42(37)41)54-46-22-5-9-24-48(46)57-56(58-54)39-16-13-17-40(33-39)59-51-27-12-8-23-47(51)53-52(59)34-36-15-2-4-19-43(36)55(53)60-49-25-10-6-20-44(49)45-21-7-11-26-50(45)60/h1-34H. The van der Waals surface area contributed by atoms with Gasteiger partial charge < -0.3 is 9.13 Å². The molecule has 3 heterocycles. The third kappa shape index (κ3) is 4.79. The fourth-order valence-electron chi connectivity index (χ4n) is 9.81. The third-order valence-corrected chi connectivity index (χ3v) is 12.4. The molecular weight excluding hydrogens is 729 g/mol. The lowest BCUT2D eigenvalue weighted by atomic mass is 9.98. The van der Waals surface area contributed by atoms with E-state index >= 15 is 0 Å². The monoisotopic (exact) mass is 762 g/mol. The van der Waals surface area contributed by atoms with E-state index in [0.717, 1.165) is 44.4 Å². The predicted octanol–water partition coefficient (Wildman–Crippen LogP) is 14.6. The first kappa shape index (κ1) is 32.9. The van der Waals surface area contributed by atoms with Crippen molar-refractivity contribution >= 4 is 86.8 Å². The Kier molecular flexibility index (Phi) is 6.98. The maximum atomic E-state index is 5.38. The number of rotatable bonds is 4. The number of aromatic nitrogens is 4. The molecule has 0 amide bonds. The lowest BCUT2D eigenvalue weighted by Gasteiger charge is -2.15. The topological polar surface area (TPSA) is 35.6 Å². The molecule has 4 nitrogen and oxygen atoms in total. The molecule has 0 fully saturated rings. The van der Waals surface area contributed by atoms with Crippen molar-refractivity contribution in [3.63, 3.8) is 0 Å². The molecule has 3 aromatic heterocycles. The van der Waals surface area contributed by atoms with Crippen molar-refractivity contribution in [3.8, 4) is 34.0 Å². The molecule has 0 saturated heterocycles. The fourth-order valence-corrected chi connectivity index (χ4v) is 9.81. The summed E-state index contributed by atoms with van der Waals surface area (Å²) in [6, 6.07) is 74.4. The maximum absolute atomic E-state index is 5.38. The summed E-state index contributed by atoms with van der Waals surface area (Å²) in [6.45, 7) is 0. The number of para-hydroxylation sites is 4. The van der Waals surface area contributed by atoms with Gasteiger partial charge in [0.2, 0.25) is 0 Å². The number of hydrogen-bond acceptors (Lipinski definition) is 2. The van der Waals surface area contributed by atoms with Gasteiger partial charge in [0.25, 0.3) is 0 Å². The van der Waals surface area contributed by atoms with Crippen LogP contribution in [0.15, 0.2) is 206 Å². The zero-order valence-corrected chi connectivity index (χ0v) is 32.4. The van der Waals surface area contributed by atoms with E-state index in [0.29, 0.717) is 5.82 Å². The molecule has 4 heteroatoms. The number of benzene rings is 10. The van der Waals surface area contributed by atoms with Gasteiger partial charge in [0.15, 0.2) is 5.82 Å². The molecule has 10 aromatic carbocycles. The van der Waals surface area contributed by atoms with Crippen LogP contribution in [0.25, 0.3) is 121 Å². The van der Waals surface area contributed by atoms with E-state index in [4.69, 9.17) is 9.97 Å². The van der Waals surface area contributed by atoms with Gasteiger partial charge in [0.1, 0.15) is 0 Å². The summed E-state index contributed by atoms with van der Waals surface area (Å²) in [5.74, 6) is 0.696. The Morgan fingerprint density at radius 3 is 1.68 bits per heavy atom. The van der Waals surface area contributed by atoms with E-state index in [9.17, 15) is 0 Å². The van der Waals surface area contributed by atoms with E-state index in [1.165, 1.54) is 70.6 Å². The van der Waals surface area contributed by atoms with Crippen molar-refractivity contribution in [2.75, 3.05) is 0 Å². The van der Waals surface area contributed by atoms with Crippen LogP contribution in [0.2, 0.25) is 0 Å². The van der Waals surface area contributed by atoms with Gasteiger partial charge in [-0.15, -0.1) is 0 Å². The Bertz CT molecular complexity index is 3850. The zero-order valence-electron chi connectivity index (χ0n) is 32.4. The summed E-state index contributed by atoms with van der Waals surface area (Å²) < 4.78 is 4.91. The van der Waals surface area contributed by atoms with Crippen LogP contribution in [0.1, 0.15) is 0 Å². The van der Waals surface area contributed by atoms with Gasteiger partial charge in [-0.2, -0.15) is 0 Å². The summed E-state index contributed by atoms with van der Waals surface area (Å²) in [6.07, 6.45) is 0. The van der Waals surface area contributed by atoms with E-state index in [1.54, 1.807) is 0 Å². The molecular formula is C56H34N4. The van der Waals surface area contributed by atoms with Crippen molar-refractivity contribution in [2.45, 2.75) is 0 Å². The number of fused-ring (bicyclic) bond motifs is 11. The molecule has 60 heavy (non-hydrogen) atoms. The average molecular weight is 763 g/mol. The Balaban J connectivity index is 1.05. The maximum Gasteiger partial charge on any atom is 0.160 e. The first-order chi connectivity index (χ1) is 29.8. The molecule has 0 saturated carbocycles. The molecule has 0 atom stereocenters. The van der Waals surface area contributed by atoms with Crippen LogP contribution in [0.5, 0.6) is 0 Å². The van der Waals surface area contributed by atoms with Crippen molar-refractivity contribution in [2.24, 2.45) is 0 Å². The summed E-state index contributed by atoms with van der Waals surface area (Å²) in [7, 11) is 0. The van der Waals surface area contributed by atoms with Gasteiger partial charge >= 0.3 is 0 Å². The molecule has 0 bridgehead atoms. The molecule has 0 N–H and O–H groups in total. The molecule has 0 spiro atoms. The van der Waals surface area contributed by atoms with Crippen LogP contribution in [0.4, 0.5) is 0 Å². The molecule has 0 radical (unpaired) electrons. The fraction of sp³-hybridized carbons (Fsp3) is 0. The van der Waals surface area contributed by atoms with Gasteiger partial charge in [0, 0.05) is 49.1 Å². The first-order valence-corrected chi connectivity index (χ1v) is 20.5. The Morgan fingerprint density at radius 1 is 0.317 bits per heavy atom. The molecule has 278 valence electrons. The minimum absolute atomic E-state index is 0.696. The van der Waals surface area contributed by atoms with E-state index in [1.807, 2.05) is 0 Å². The Morgan fingerprint density at radius 2 is 0.900 bits per heavy atom. The van der Waals surface area contributed by atoms with Gasteiger partial charge in [-0.3, -0.25) is 0 Å². The minimum atomic E-state index is 0.696. The minimum Gasteiger partial charge on any atom is -0.309 e. The van der Waals surface area contributed by atoms with Crippen LogP contribution >= 0.6 is 0 Å². The molecule has 13 aromatic rings. The van der Waals surface area contributed by atoms with Crippen molar-refractivity contribution < 1.29 is 0 Å². The highest BCUT2D eigenvalue weighted by Crippen LogP contribution is 2.44. The Labute approximate surface area is 344 Å². The van der Waals surface area contributed by atoms with Gasteiger partial charge in [-0.25, -0.2) is 9.97 Å². The van der Waals surface area contributed by atoms with Gasteiger partial charge in [0.05, 0.1) is 39.0 Å². The average Bonchev–Trinajstić information content (AvgIpc) is 3.83. The predicted molar refractivity (Wildman–Crippen MR) is 252 cm³/mol. The SMILES string of the molecule is c1cc(-c2nc(-c3ccc4c(ccc5ccccc54)c3)c3ccccc3n2)cc(-n2c3ccccc3c3c(-n4c5ccccc5c5ccccc54)c4ccccc4cc32)c1. The normalized spacial score (nSPS) is 12.0. The lowest BCUT2D eigenvalue weighted by Crippen LogP contribution is -1.99. The lowest BCUT2D eigenvalue weighted by molar-refractivity contribution is 1.17.